The highest BCUT2D eigenvalue weighted by Gasteiger charge is 2.22. The van der Waals surface area contributed by atoms with Crippen LogP contribution in [0, 0.1) is 12.7 Å². The number of hydrogen-bond donors (Lipinski definition) is 1. The van der Waals surface area contributed by atoms with Crippen molar-refractivity contribution in [3.05, 3.63) is 59.4 Å². The second-order valence-electron chi connectivity index (χ2n) is 6.02. The Morgan fingerprint density at radius 2 is 1.92 bits per heavy atom. The molecule has 0 spiro atoms. The van der Waals surface area contributed by atoms with Crippen LogP contribution >= 0.6 is 0 Å². The van der Waals surface area contributed by atoms with Crippen molar-refractivity contribution in [2.24, 2.45) is 0 Å². The second kappa shape index (κ2) is 7.95. The van der Waals surface area contributed by atoms with Crippen LogP contribution in [0.2, 0.25) is 0 Å². The Morgan fingerprint density at radius 3 is 2.56 bits per heavy atom. The highest BCUT2D eigenvalue weighted by Crippen LogP contribution is 2.23. The summed E-state index contributed by atoms with van der Waals surface area (Å²) in [6.07, 6.45) is 0. The maximum atomic E-state index is 13.4. The summed E-state index contributed by atoms with van der Waals surface area (Å²) in [6.45, 7) is 1.79. The van der Waals surface area contributed by atoms with Gasteiger partial charge in [0.05, 0.1) is 12.0 Å². The molecule has 1 N–H and O–H groups in total. The first-order chi connectivity index (χ1) is 11.7. The fourth-order valence-corrected chi connectivity index (χ4v) is 3.87. The third-order valence-corrected chi connectivity index (χ3v) is 5.57. The molecule has 136 valence electrons. The zero-order valence-electron chi connectivity index (χ0n) is 14.8. The van der Waals surface area contributed by atoms with E-state index in [4.69, 9.17) is 4.74 Å². The van der Waals surface area contributed by atoms with Crippen molar-refractivity contribution in [1.29, 1.82) is 0 Å². The minimum atomic E-state index is -3.81. The number of rotatable bonds is 7. The van der Waals surface area contributed by atoms with E-state index in [1.165, 1.54) is 12.1 Å². The standard InChI is InChI=1S/C18H23FN2O3S/c1-13-8-9-15(19)11-18(13)25(22,23)20-12-17(21(2)3)14-6-5-7-16(10-14)24-4/h5-11,17,20H,12H2,1-4H3. The maximum absolute atomic E-state index is 13.4. The molecule has 0 radical (unpaired) electrons. The van der Waals surface area contributed by atoms with Gasteiger partial charge in [0, 0.05) is 12.6 Å². The summed E-state index contributed by atoms with van der Waals surface area (Å²) in [5, 5.41) is 0. The highest BCUT2D eigenvalue weighted by molar-refractivity contribution is 7.89. The van der Waals surface area contributed by atoms with Gasteiger partial charge in [0.2, 0.25) is 10.0 Å². The summed E-state index contributed by atoms with van der Waals surface area (Å²) in [5.74, 6) is 0.121. The average molecular weight is 366 g/mol. The molecule has 0 aliphatic rings. The number of aryl methyl sites for hydroxylation is 1. The molecule has 5 nitrogen and oxygen atoms in total. The smallest absolute Gasteiger partial charge is 0.240 e. The molecule has 7 heteroatoms. The van der Waals surface area contributed by atoms with Crippen molar-refractivity contribution in [2.45, 2.75) is 17.9 Å². The summed E-state index contributed by atoms with van der Waals surface area (Å²) in [5.41, 5.74) is 1.42. The lowest BCUT2D eigenvalue weighted by Crippen LogP contribution is -2.34. The van der Waals surface area contributed by atoms with Crippen LogP contribution in [-0.2, 0) is 10.0 Å². The van der Waals surface area contributed by atoms with Gasteiger partial charge in [0.1, 0.15) is 11.6 Å². The molecule has 0 heterocycles. The molecule has 2 aromatic rings. The number of benzene rings is 2. The van der Waals surface area contributed by atoms with Crippen molar-refractivity contribution in [1.82, 2.24) is 9.62 Å². The summed E-state index contributed by atoms with van der Waals surface area (Å²) in [4.78, 5) is 1.87. The summed E-state index contributed by atoms with van der Waals surface area (Å²) < 4.78 is 46.4. The van der Waals surface area contributed by atoms with Crippen molar-refractivity contribution < 1.29 is 17.5 Å². The zero-order valence-corrected chi connectivity index (χ0v) is 15.6. The van der Waals surface area contributed by atoms with Gasteiger partial charge in [-0.3, -0.25) is 0 Å². The summed E-state index contributed by atoms with van der Waals surface area (Å²) >= 11 is 0. The number of methoxy groups -OCH3 is 1. The molecule has 0 aliphatic heterocycles. The van der Waals surface area contributed by atoms with Crippen LogP contribution in [0.1, 0.15) is 17.2 Å². The van der Waals surface area contributed by atoms with Crippen molar-refractivity contribution in [2.75, 3.05) is 27.7 Å². The molecule has 1 unspecified atom stereocenters. The van der Waals surface area contributed by atoms with Gasteiger partial charge in [-0.25, -0.2) is 17.5 Å². The molecule has 0 saturated heterocycles. The first kappa shape index (κ1) is 19.4. The molecular formula is C18H23FN2O3S. The first-order valence-corrected chi connectivity index (χ1v) is 9.29. The monoisotopic (exact) mass is 366 g/mol. The van der Waals surface area contributed by atoms with E-state index < -0.39 is 15.8 Å². The van der Waals surface area contributed by atoms with Gasteiger partial charge in [-0.2, -0.15) is 0 Å². The van der Waals surface area contributed by atoms with Crippen LogP contribution in [0.3, 0.4) is 0 Å². The molecule has 25 heavy (non-hydrogen) atoms. The zero-order chi connectivity index (χ0) is 18.6. The lowest BCUT2D eigenvalue weighted by molar-refractivity contribution is 0.298. The molecule has 2 aromatic carbocycles. The van der Waals surface area contributed by atoms with Crippen LogP contribution in [0.15, 0.2) is 47.4 Å². The normalized spacial score (nSPS) is 13.0. The van der Waals surface area contributed by atoms with E-state index in [1.807, 2.05) is 43.3 Å². The fraction of sp³-hybridized carbons (Fsp3) is 0.333. The number of sulfonamides is 1. The SMILES string of the molecule is COc1cccc(C(CNS(=O)(=O)c2cc(F)ccc2C)N(C)C)c1. The number of nitrogens with zero attached hydrogens (tertiary/aromatic N) is 1. The Bertz CT molecular complexity index is 838. The van der Waals surface area contributed by atoms with Crippen molar-refractivity contribution >= 4 is 10.0 Å². The quantitative estimate of drug-likeness (QED) is 0.819. The minimum Gasteiger partial charge on any atom is -0.497 e. The Morgan fingerprint density at radius 1 is 1.20 bits per heavy atom. The van der Waals surface area contributed by atoms with Gasteiger partial charge in [-0.05, 0) is 56.4 Å². The van der Waals surface area contributed by atoms with E-state index in [2.05, 4.69) is 4.72 Å². The van der Waals surface area contributed by atoms with Crippen LogP contribution in [0.4, 0.5) is 4.39 Å². The summed E-state index contributed by atoms with van der Waals surface area (Å²) in [6, 6.07) is 11.0. The first-order valence-electron chi connectivity index (χ1n) is 7.81. The van der Waals surface area contributed by atoms with Gasteiger partial charge >= 0.3 is 0 Å². The molecule has 2 rings (SSSR count). The Hall–Kier alpha value is -1.96. The van der Waals surface area contributed by atoms with E-state index in [-0.39, 0.29) is 17.5 Å². The molecule has 1 atom stereocenters. The molecule has 0 fully saturated rings. The van der Waals surface area contributed by atoms with Gasteiger partial charge < -0.3 is 9.64 Å². The maximum Gasteiger partial charge on any atom is 0.240 e. The van der Waals surface area contributed by atoms with Gasteiger partial charge in [-0.15, -0.1) is 0 Å². The molecule has 0 aromatic heterocycles. The van der Waals surface area contributed by atoms with Crippen molar-refractivity contribution in [3.63, 3.8) is 0 Å². The van der Waals surface area contributed by atoms with E-state index in [0.29, 0.717) is 11.3 Å². The lowest BCUT2D eigenvalue weighted by Gasteiger charge is -2.25. The number of halogens is 1. The van der Waals surface area contributed by atoms with Crippen LogP contribution in [0.5, 0.6) is 5.75 Å². The lowest BCUT2D eigenvalue weighted by atomic mass is 10.1. The fourth-order valence-electron chi connectivity index (χ4n) is 2.58. The Kier molecular flexibility index (Phi) is 6.16. The van der Waals surface area contributed by atoms with E-state index in [0.717, 1.165) is 11.6 Å². The van der Waals surface area contributed by atoms with Gasteiger partial charge in [-0.1, -0.05) is 18.2 Å². The van der Waals surface area contributed by atoms with E-state index >= 15 is 0 Å². The predicted molar refractivity (Wildman–Crippen MR) is 95.7 cm³/mol. The third kappa shape index (κ3) is 4.78. The molecule has 0 aliphatic carbocycles. The second-order valence-corrected chi connectivity index (χ2v) is 7.75. The van der Waals surface area contributed by atoms with Crippen LogP contribution < -0.4 is 9.46 Å². The van der Waals surface area contributed by atoms with Gasteiger partial charge in [0.25, 0.3) is 0 Å². The Labute approximate surface area is 148 Å². The van der Waals surface area contributed by atoms with Gasteiger partial charge in [0.15, 0.2) is 0 Å². The third-order valence-electron chi connectivity index (χ3n) is 4.01. The van der Waals surface area contributed by atoms with E-state index in [9.17, 15) is 12.8 Å². The Balaban J connectivity index is 2.24. The number of likely N-dealkylation sites (N-methyl/N-ethyl adjacent to an activating group) is 1. The number of hydrogen-bond acceptors (Lipinski definition) is 4. The van der Waals surface area contributed by atoms with Crippen LogP contribution in [-0.4, -0.2) is 41.1 Å². The highest BCUT2D eigenvalue weighted by atomic mass is 32.2. The molecule has 0 bridgehead atoms. The molecule has 0 saturated carbocycles. The van der Waals surface area contributed by atoms with Crippen molar-refractivity contribution in [3.8, 4) is 5.75 Å². The summed E-state index contributed by atoms with van der Waals surface area (Å²) in [7, 11) is 1.50. The largest absolute Gasteiger partial charge is 0.497 e. The van der Waals surface area contributed by atoms with E-state index in [1.54, 1.807) is 14.0 Å². The van der Waals surface area contributed by atoms with Crippen LogP contribution in [0.25, 0.3) is 0 Å². The number of nitrogens with one attached hydrogen (secondary N) is 1. The average Bonchev–Trinajstić information content (AvgIpc) is 2.57. The minimum absolute atomic E-state index is 0.0457. The molecular weight excluding hydrogens is 343 g/mol. The topological polar surface area (TPSA) is 58.6 Å². The predicted octanol–water partition coefficient (Wildman–Crippen LogP) is 2.72. The number of ether oxygens (including phenoxy) is 1. The molecule has 0 amide bonds.